The molecular weight excluding hydrogens is 272 g/mol. The Bertz CT molecular complexity index is 601. The summed E-state index contributed by atoms with van der Waals surface area (Å²) >= 11 is 0. The molecule has 0 aromatic heterocycles. The molecule has 2 aromatic rings. The summed E-state index contributed by atoms with van der Waals surface area (Å²) in [6.07, 6.45) is 1.67. The van der Waals surface area contributed by atoms with Gasteiger partial charge in [-0.25, -0.2) is 8.78 Å². The normalized spacial score (nSPS) is 12.2. The van der Waals surface area contributed by atoms with Crippen molar-refractivity contribution in [3.05, 3.63) is 65.2 Å². The van der Waals surface area contributed by atoms with E-state index in [1.165, 1.54) is 12.1 Å². The number of ether oxygens (including phenoxy) is 1. The summed E-state index contributed by atoms with van der Waals surface area (Å²) in [4.78, 5) is 0. The van der Waals surface area contributed by atoms with Crippen LogP contribution in [0.4, 0.5) is 8.78 Å². The third-order valence-electron chi connectivity index (χ3n) is 3.35. The van der Waals surface area contributed by atoms with Crippen molar-refractivity contribution >= 4 is 0 Å². The quantitative estimate of drug-likeness (QED) is 0.878. The van der Waals surface area contributed by atoms with Crippen molar-refractivity contribution in [2.75, 3.05) is 0 Å². The van der Waals surface area contributed by atoms with E-state index in [9.17, 15) is 8.78 Å². The third-order valence-corrected chi connectivity index (χ3v) is 3.35. The molecule has 1 unspecified atom stereocenters. The topological polar surface area (TPSA) is 35.2 Å². The first-order valence-electron chi connectivity index (χ1n) is 7.00. The van der Waals surface area contributed by atoms with Crippen molar-refractivity contribution in [2.45, 2.75) is 32.4 Å². The van der Waals surface area contributed by atoms with Gasteiger partial charge in [0.25, 0.3) is 0 Å². The summed E-state index contributed by atoms with van der Waals surface area (Å²) in [5.41, 5.74) is 7.20. The van der Waals surface area contributed by atoms with Crippen molar-refractivity contribution in [1.29, 1.82) is 0 Å². The lowest BCUT2D eigenvalue weighted by Gasteiger charge is -2.11. The maximum atomic E-state index is 13.5. The molecule has 0 aliphatic heterocycles. The molecule has 2 rings (SSSR count). The molecule has 2 aromatic carbocycles. The van der Waals surface area contributed by atoms with Crippen LogP contribution >= 0.6 is 0 Å². The van der Waals surface area contributed by atoms with Gasteiger partial charge in [-0.05, 0) is 36.6 Å². The summed E-state index contributed by atoms with van der Waals surface area (Å²) in [6, 6.07) is 11.7. The fourth-order valence-electron chi connectivity index (χ4n) is 2.03. The zero-order valence-electron chi connectivity index (χ0n) is 12.0. The number of benzene rings is 2. The molecule has 0 heterocycles. The van der Waals surface area contributed by atoms with E-state index in [0.29, 0.717) is 5.75 Å². The van der Waals surface area contributed by atoms with Gasteiger partial charge in [-0.15, -0.1) is 0 Å². The minimum atomic E-state index is -0.862. The second kappa shape index (κ2) is 7.18. The van der Waals surface area contributed by atoms with Crippen LogP contribution in [0.15, 0.2) is 42.5 Å². The number of rotatable bonds is 6. The first-order chi connectivity index (χ1) is 10.1. The Hall–Kier alpha value is -1.94. The van der Waals surface area contributed by atoms with Gasteiger partial charge in [0, 0.05) is 11.6 Å². The van der Waals surface area contributed by atoms with Crippen molar-refractivity contribution in [1.82, 2.24) is 0 Å². The van der Waals surface area contributed by atoms with Crippen LogP contribution in [0.2, 0.25) is 0 Å². The zero-order chi connectivity index (χ0) is 15.2. The SMILES string of the molecule is CCC(N)Cc1cccc(OCc2cccc(F)c2F)c1. The molecule has 0 aliphatic carbocycles. The molecule has 2 nitrogen and oxygen atoms in total. The standard InChI is InChI=1S/C17H19F2NO/c1-2-14(20)9-12-5-3-7-15(10-12)21-11-13-6-4-8-16(18)17(13)19/h3-8,10,14H,2,9,11,20H2,1H3. The van der Waals surface area contributed by atoms with Crippen LogP contribution in [-0.4, -0.2) is 6.04 Å². The van der Waals surface area contributed by atoms with E-state index >= 15 is 0 Å². The molecule has 4 heteroatoms. The minimum Gasteiger partial charge on any atom is -0.489 e. The lowest BCUT2D eigenvalue weighted by molar-refractivity contribution is 0.297. The number of hydrogen-bond donors (Lipinski definition) is 1. The highest BCUT2D eigenvalue weighted by Gasteiger charge is 2.08. The monoisotopic (exact) mass is 291 g/mol. The molecule has 0 saturated heterocycles. The van der Waals surface area contributed by atoms with Crippen LogP contribution in [0, 0.1) is 11.6 Å². The third kappa shape index (κ3) is 4.26. The first kappa shape index (κ1) is 15.4. The predicted octanol–water partition coefficient (Wildman–Crippen LogP) is 3.82. The molecule has 21 heavy (non-hydrogen) atoms. The Balaban J connectivity index is 2.03. The lowest BCUT2D eigenvalue weighted by atomic mass is 10.0. The Morgan fingerprint density at radius 1 is 1.14 bits per heavy atom. The van der Waals surface area contributed by atoms with E-state index in [1.54, 1.807) is 6.07 Å². The van der Waals surface area contributed by atoms with Crippen LogP contribution in [0.3, 0.4) is 0 Å². The molecule has 112 valence electrons. The molecule has 1 atom stereocenters. The molecule has 0 aliphatic rings. The molecule has 2 N–H and O–H groups in total. The Kier molecular flexibility index (Phi) is 5.28. The summed E-state index contributed by atoms with van der Waals surface area (Å²) in [5, 5.41) is 0. The van der Waals surface area contributed by atoms with Crippen molar-refractivity contribution in [2.24, 2.45) is 5.73 Å². The highest BCUT2D eigenvalue weighted by atomic mass is 19.2. The van der Waals surface area contributed by atoms with Crippen molar-refractivity contribution in [3.8, 4) is 5.75 Å². The first-order valence-corrected chi connectivity index (χ1v) is 7.00. The molecule has 0 bridgehead atoms. The second-order valence-corrected chi connectivity index (χ2v) is 5.02. The van der Waals surface area contributed by atoms with Gasteiger partial charge in [-0.1, -0.05) is 31.2 Å². The molecule has 0 radical (unpaired) electrons. The Morgan fingerprint density at radius 2 is 1.90 bits per heavy atom. The van der Waals surface area contributed by atoms with Gasteiger partial charge >= 0.3 is 0 Å². The fraction of sp³-hybridized carbons (Fsp3) is 0.294. The molecular formula is C17H19F2NO. The Labute approximate surface area is 123 Å². The van der Waals surface area contributed by atoms with Crippen LogP contribution < -0.4 is 10.5 Å². The van der Waals surface area contributed by atoms with Crippen molar-refractivity contribution < 1.29 is 13.5 Å². The minimum absolute atomic E-state index is 0.00707. The van der Waals surface area contributed by atoms with E-state index < -0.39 is 11.6 Å². The van der Waals surface area contributed by atoms with Gasteiger partial charge in [0.15, 0.2) is 11.6 Å². The second-order valence-electron chi connectivity index (χ2n) is 5.02. The van der Waals surface area contributed by atoms with Crippen LogP contribution in [0.25, 0.3) is 0 Å². The van der Waals surface area contributed by atoms with E-state index in [1.807, 2.05) is 25.1 Å². The van der Waals surface area contributed by atoms with Crippen molar-refractivity contribution in [3.63, 3.8) is 0 Å². The highest BCUT2D eigenvalue weighted by Crippen LogP contribution is 2.18. The Morgan fingerprint density at radius 3 is 2.67 bits per heavy atom. The summed E-state index contributed by atoms with van der Waals surface area (Å²) in [7, 11) is 0. The average Bonchev–Trinajstić information content (AvgIpc) is 2.49. The molecule has 0 saturated carbocycles. The van der Waals surface area contributed by atoms with E-state index in [4.69, 9.17) is 10.5 Å². The molecule has 0 fully saturated rings. The highest BCUT2D eigenvalue weighted by molar-refractivity contribution is 5.29. The maximum absolute atomic E-state index is 13.5. The summed E-state index contributed by atoms with van der Waals surface area (Å²) < 4.78 is 32.2. The van der Waals surface area contributed by atoms with Gasteiger partial charge in [0.2, 0.25) is 0 Å². The number of halogens is 2. The largest absolute Gasteiger partial charge is 0.489 e. The van der Waals surface area contributed by atoms with Gasteiger partial charge in [0.1, 0.15) is 12.4 Å². The van der Waals surface area contributed by atoms with E-state index in [-0.39, 0.29) is 18.2 Å². The van der Waals surface area contributed by atoms with Crippen LogP contribution in [0.1, 0.15) is 24.5 Å². The van der Waals surface area contributed by atoms with Gasteiger partial charge in [0.05, 0.1) is 0 Å². The van der Waals surface area contributed by atoms with E-state index in [0.717, 1.165) is 24.5 Å². The van der Waals surface area contributed by atoms with Crippen LogP contribution in [0.5, 0.6) is 5.75 Å². The number of nitrogens with two attached hydrogens (primary N) is 1. The van der Waals surface area contributed by atoms with Gasteiger partial charge in [-0.3, -0.25) is 0 Å². The summed E-state index contributed by atoms with van der Waals surface area (Å²) in [6.45, 7) is 2.03. The van der Waals surface area contributed by atoms with Gasteiger partial charge in [-0.2, -0.15) is 0 Å². The fourth-order valence-corrected chi connectivity index (χ4v) is 2.03. The van der Waals surface area contributed by atoms with Gasteiger partial charge < -0.3 is 10.5 Å². The average molecular weight is 291 g/mol. The lowest BCUT2D eigenvalue weighted by Crippen LogP contribution is -2.21. The summed E-state index contributed by atoms with van der Waals surface area (Å²) in [5.74, 6) is -1.10. The van der Waals surface area contributed by atoms with Crippen LogP contribution in [-0.2, 0) is 13.0 Å². The smallest absolute Gasteiger partial charge is 0.165 e. The zero-order valence-corrected chi connectivity index (χ0v) is 12.0. The maximum Gasteiger partial charge on any atom is 0.165 e. The number of hydrogen-bond acceptors (Lipinski definition) is 2. The predicted molar refractivity (Wildman–Crippen MR) is 79.1 cm³/mol. The molecule has 0 amide bonds. The van der Waals surface area contributed by atoms with E-state index in [2.05, 4.69) is 0 Å². The molecule has 0 spiro atoms.